The van der Waals surface area contributed by atoms with Crippen molar-refractivity contribution in [2.75, 3.05) is 19.0 Å². The Balaban J connectivity index is 1.39. The van der Waals surface area contributed by atoms with Gasteiger partial charge in [-0.1, -0.05) is 44.2 Å². The zero-order valence-corrected chi connectivity index (χ0v) is 20.5. The van der Waals surface area contributed by atoms with Crippen LogP contribution >= 0.6 is 0 Å². The highest BCUT2D eigenvalue weighted by Gasteiger charge is 2.39. The SMILES string of the molecule is CC(C)C(=O)Nc1ccc2c(c1)C(=O)N(C)[C@@H]1CC[C@H](CC(=O)NCc3ccccc3)O[C@@H]1CO2. The van der Waals surface area contributed by atoms with Gasteiger partial charge in [0.25, 0.3) is 5.91 Å². The lowest BCUT2D eigenvalue weighted by atomic mass is 9.94. The molecule has 0 aromatic heterocycles. The largest absolute Gasteiger partial charge is 0.490 e. The van der Waals surface area contributed by atoms with Gasteiger partial charge in [0.05, 0.1) is 24.1 Å². The van der Waals surface area contributed by atoms with Crippen LogP contribution in [0.4, 0.5) is 5.69 Å². The van der Waals surface area contributed by atoms with E-state index >= 15 is 0 Å². The van der Waals surface area contributed by atoms with E-state index < -0.39 is 0 Å². The van der Waals surface area contributed by atoms with Gasteiger partial charge in [-0.25, -0.2) is 0 Å². The first-order valence-corrected chi connectivity index (χ1v) is 12.1. The molecule has 2 aliphatic rings. The second kappa shape index (κ2) is 10.9. The fourth-order valence-electron chi connectivity index (χ4n) is 4.47. The van der Waals surface area contributed by atoms with E-state index in [2.05, 4.69) is 10.6 Å². The number of carbonyl (C=O) groups is 3. The van der Waals surface area contributed by atoms with E-state index in [0.717, 1.165) is 5.56 Å². The third-order valence-electron chi connectivity index (χ3n) is 6.55. The Labute approximate surface area is 206 Å². The summed E-state index contributed by atoms with van der Waals surface area (Å²) in [7, 11) is 1.77. The van der Waals surface area contributed by atoms with Crippen molar-refractivity contribution >= 4 is 23.4 Å². The Morgan fingerprint density at radius 2 is 1.89 bits per heavy atom. The standard InChI is InChI=1S/C27H33N3O5/c1-17(2)26(32)29-19-9-12-23-21(13-19)27(33)30(3)22-11-10-20(35-24(22)16-34-23)14-25(31)28-15-18-7-5-4-6-8-18/h4-9,12-13,17,20,22,24H,10-11,14-16H2,1-3H3,(H,28,31)(H,29,32)/t20-,22-,24-/m1/s1. The fraction of sp³-hybridized carbons (Fsp3) is 0.444. The molecule has 0 saturated carbocycles. The maximum Gasteiger partial charge on any atom is 0.257 e. The number of ether oxygens (including phenoxy) is 2. The molecule has 4 rings (SSSR count). The van der Waals surface area contributed by atoms with Crippen molar-refractivity contribution in [1.29, 1.82) is 0 Å². The number of benzene rings is 2. The zero-order chi connectivity index (χ0) is 24.9. The number of likely N-dealkylation sites (N-methyl/N-ethyl adjacent to an activating group) is 1. The van der Waals surface area contributed by atoms with E-state index in [-0.39, 0.29) is 54.9 Å². The summed E-state index contributed by atoms with van der Waals surface area (Å²) in [5, 5.41) is 5.79. The second-order valence-corrected chi connectivity index (χ2v) is 9.49. The number of amides is 3. The second-order valence-electron chi connectivity index (χ2n) is 9.49. The maximum absolute atomic E-state index is 13.3. The van der Waals surface area contributed by atoms with Crippen molar-refractivity contribution in [2.24, 2.45) is 5.92 Å². The lowest BCUT2D eigenvalue weighted by Crippen LogP contribution is -2.53. The van der Waals surface area contributed by atoms with Crippen LogP contribution in [0.5, 0.6) is 5.75 Å². The molecule has 0 unspecified atom stereocenters. The van der Waals surface area contributed by atoms with E-state index in [0.29, 0.717) is 36.4 Å². The first-order valence-electron chi connectivity index (χ1n) is 12.1. The quantitative estimate of drug-likeness (QED) is 0.662. The van der Waals surface area contributed by atoms with Gasteiger partial charge in [-0.05, 0) is 36.6 Å². The highest BCUT2D eigenvalue weighted by atomic mass is 16.5. The van der Waals surface area contributed by atoms with Crippen LogP contribution in [0, 0.1) is 5.92 Å². The van der Waals surface area contributed by atoms with E-state index in [1.807, 2.05) is 44.2 Å². The van der Waals surface area contributed by atoms with Gasteiger partial charge in [0.2, 0.25) is 11.8 Å². The van der Waals surface area contributed by atoms with Gasteiger partial charge in [-0.3, -0.25) is 14.4 Å². The van der Waals surface area contributed by atoms with Crippen molar-refractivity contribution in [3.05, 3.63) is 59.7 Å². The fourth-order valence-corrected chi connectivity index (χ4v) is 4.47. The summed E-state index contributed by atoms with van der Waals surface area (Å²) in [4.78, 5) is 39.6. The summed E-state index contributed by atoms with van der Waals surface area (Å²) in [5.41, 5.74) is 2.02. The summed E-state index contributed by atoms with van der Waals surface area (Å²) in [6, 6.07) is 14.7. The van der Waals surface area contributed by atoms with E-state index in [9.17, 15) is 14.4 Å². The molecule has 2 aromatic carbocycles. The first kappa shape index (κ1) is 24.7. The minimum absolute atomic E-state index is 0.0604. The van der Waals surface area contributed by atoms with E-state index in [1.165, 1.54) is 0 Å². The van der Waals surface area contributed by atoms with E-state index in [4.69, 9.17) is 9.47 Å². The Morgan fingerprint density at radius 1 is 1.11 bits per heavy atom. The Bertz CT molecular complexity index is 1070. The van der Waals surface area contributed by atoms with Crippen LogP contribution in [0.1, 0.15) is 49.0 Å². The molecule has 1 fully saturated rings. The first-order chi connectivity index (χ1) is 16.8. The average molecular weight is 480 g/mol. The minimum atomic E-state index is -0.335. The van der Waals surface area contributed by atoms with Crippen LogP contribution in [-0.2, 0) is 20.9 Å². The average Bonchev–Trinajstić information content (AvgIpc) is 2.86. The molecule has 0 bridgehead atoms. The van der Waals surface area contributed by atoms with Gasteiger partial charge < -0.3 is 25.0 Å². The number of nitrogens with zero attached hydrogens (tertiary/aromatic N) is 1. The summed E-state index contributed by atoms with van der Waals surface area (Å²) < 4.78 is 12.2. The minimum Gasteiger partial charge on any atom is -0.490 e. The number of rotatable bonds is 6. The summed E-state index contributed by atoms with van der Waals surface area (Å²) in [5.74, 6) is -0.0701. The van der Waals surface area contributed by atoms with Crippen LogP contribution in [0.3, 0.4) is 0 Å². The van der Waals surface area contributed by atoms with Crippen molar-refractivity contribution in [3.8, 4) is 5.75 Å². The lowest BCUT2D eigenvalue weighted by Gasteiger charge is -2.42. The summed E-state index contributed by atoms with van der Waals surface area (Å²) in [6.07, 6.45) is 1.09. The molecule has 2 aliphatic heterocycles. The molecule has 186 valence electrons. The predicted molar refractivity (Wildman–Crippen MR) is 132 cm³/mol. The molecule has 0 aliphatic carbocycles. The molecule has 35 heavy (non-hydrogen) atoms. The van der Waals surface area contributed by atoms with Gasteiger partial charge in [0.15, 0.2) is 0 Å². The molecule has 2 N–H and O–H groups in total. The summed E-state index contributed by atoms with van der Waals surface area (Å²) >= 11 is 0. The van der Waals surface area contributed by atoms with Crippen molar-refractivity contribution in [3.63, 3.8) is 0 Å². The van der Waals surface area contributed by atoms with Gasteiger partial charge in [0.1, 0.15) is 18.5 Å². The maximum atomic E-state index is 13.3. The smallest absolute Gasteiger partial charge is 0.257 e. The number of anilines is 1. The molecule has 2 heterocycles. The molecule has 2 aromatic rings. The lowest BCUT2D eigenvalue weighted by molar-refractivity contribution is -0.134. The van der Waals surface area contributed by atoms with Gasteiger partial charge in [0, 0.05) is 25.2 Å². The Kier molecular flexibility index (Phi) is 7.70. The number of nitrogens with one attached hydrogen (secondary N) is 2. The Morgan fingerprint density at radius 3 is 2.63 bits per heavy atom. The topological polar surface area (TPSA) is 97.0 Å². The van der Waals surface area contributed by atoms with Crippen molar-refractivity contribution in [2.45, 2.75) is 57.9 Å². The number of hydrogen-bond donors (Lipinski definition) is 2. The number of hydrogen-bond acceptors (Lipinski definition) is 5. The van der Waals surface area contributed by atoms with Gasteiger partial charge >= 0.3 is 0 Å². The van der Waals surface area contributed by atoms with E-state index in [1.54, 1.807) is 30.1 Å². The molecule has 3 atom stereocenters. The Hall–Kier alpha value is -3.39. The van der Waals surface area contributed by atoms with Crippen LogP contribution < -0.4 is 15.4 Å². The number of carbonyl (C=O) groups excluding carboxylic acids is 3. The molecule has 0 spiro atoms. The summed E-state index contributed by atoms with van der Waals surface area (Å²) in [6.45, 7) is 4.38. The van der Waals surface area contributed by atoms with Crippen LogP contribution in [-0.4, -0.2) is 54.5 Å². The molecular weight excluding hydrogens is 446 g/mol. The van der Waals surface area contributed by atoms with Crippen LogP contribution in [0.15, 0.2) is 48.5 Å². The number of fused-ring (bicyclic) bond motifs is 2. The molecule has 8 nitrogen and oxygen atoms in total. The molecule has 1 saturated heterocycles. The molecular formula is C27H33N3O5. The monoisotopic (exact) mass is 479 g/mol. The van der Waals surface area contributed by atoms with Crippen LogP contribution in [0.2, 0.25) is 0 Å². The zero-order valence-electron chi connectivity index (χ0n) is 20.5. The van der Waals surface area contributed by atoms with Gasteiger partial charge in [-0.15, -0.1) is 0 Å². The third-order valence-corrected chi connectivity index (χ3v) is 6.55. The highest BCUT2D eigenvalue weighted by molar-refractivity contribution is 6.00. The van der Waals surface area contributed by atoms with Crippen LogP contribution in [0.25, 0.3) is 0 Å². The van der Waals surface area contributed by atoms with Crippen molar-refractivity contribution < 1.29 is 23.9 Å². The molecule has 3 amide bonds. The van der Waals surface area contributed by atoms with Gasteiger partial charge in [-0.2, -0.15) is 0 Å². The predicted octanol–water partition coefficient (Wildman–Crippen LogP) is 3.37. The molecule has 0 radical (unpaired) electrons. The normalized spacial score (nSPS) is 21.8. The highest BCUT2D eigenvalue weighted by Crippen LogP contribution is 2.32. The van der Waals surface area contributed by atoms with Crippen molar-refractivity contribution in [1.82, 2.24) is 10.2 Å². The third kappa shape index (κ3) is 6.00. The molecule has 8 heteroatoms.